The van der Waals surface area contributed by atoms with Gasteiger partial charge in [-0.3, -0.25) is 0 Å². The van der Waals surface area contributed by atoms with Crippen molar-refractivity contribution in [2.45, 2.75) is 26.7 Å². The third-order valence-electron chi connectivity index (χ3n) is 6.49. The number of rotatable bonds is 7. The first-order valence-corrected chi connectivity index (χ1v) is 11.7. The molecule has 0 aliphatic carbocycles. The second-order valence-corrected chi connectivity index (χ2v) is 9.33. The highest BCUT2D eigenvalue weighted by molar-refractivity contribution is 5.89. The number of nitrogens with one attached hydrogen (secondary N) is 2. The lowest BCUT2D eigenvalue weighted by atomic mass is 9.82. The number of fused-ring (bicyclic) bond motifs is 1. The van der Waals surface area contributed by atoms with Crippen LogP contribution in [0.3, 0.4) is 0 Å². The average Bonchev–Trinajstić information content (AvgIpc) is 3.29. The number of pyridine rings is 1. The molecule has 10 nitrogen and oxygen atoms in total. The number of methoxy groups -OCH3 is 1. The maximum absolute atomic E-state index is 5.63. The van der Waals surface area contributed by atoms with Crippen LogP contribution < -0.4 is 15.4 Å². The van der Waals surface area contributed by atoms with Gasteiger partial charge in [-0.25, -0.2) is 15.0 Å². The van der Waals surface area contributed by atoms with Crippen LogP contribution in [0.5, 0.6) is 5.75 Å². The van der Waals surface area contributed by atoms with Crippen LogP contribution in [-0.2, 0) is 11.8 Å². The van der Waals surface area contributed by atoms with Crippen LogP contribution >= 0.6 is 0 Å². The Hall–Kier alpha value is -3.79. The number of hydrogen-bond donors (Lipinski definition) is 2. The van der Waals surface area contributed by atoms with Crippen molar-refractivity contribution in [3.05, 3.63) is 42.5 Å². The molecule has 10 heteroatoms. The van der Waals surface area contributed by atoms with Crippen molar-refractivity contribution in [1.29, 1.82) is 0 Å². The van der Waals surface area contributed by atoms with E-state index in [4.69, 9.17) is 19.4 Å². The smallest absolute Gasteiger partial charge is 0.227 e. The van der Waals surface area contributed by atoms with E-state index in [-0.39, 0.29) is 5.41 Å². The molecule has 0 atom stereocenters. The van der Waals surface area contributed by atoms with Gasteiger partial charge in [0.2, 0.25) is 5.95 Å². The van der Waals surface area contributed by atoms with Gasteiger partial charge >= 0.3 is 0 Å². The van der Waals surface area contributed by atoms with Crippen LogP contribution in [0.15, 0.2) is 36.8 Å². The summed E-state index contributed by atoms with van der Waals surface area (Å²) in [5, 5.41) is 15.9. The summed E-state index contributed by atoms with van der Waals surface area (Å²) < 4.78 is 13.0. The third kappa shape index (κ3) is 4.88. The molecule has 182 valence electrons. The molecule has 1 aromatic carbocycles. The van der Waals surface area contributed by atoms with Crippen molar-refractivity contribution in [3.63, 3.8) is 0 Å². The number of anilines is 3. The van der Waals surface area contributed by atoms with Crippen LogP contribution in [0.1, 0.15) is 25.5 Å². The molecule has 2 N–H and O–H groups in total. The zero-order chi connectivity index (χ0) is 24.4. The summed E-state index contributed by atoms with van der Waals surface area (Å²) in [4.78, 5) is 14.1. The topological polar surface area (TPSA) is 112 Å². The molecule has 5 rings (SSSR count). The number of nitrogens with zero attached hydrogens (tertiary/aromatic N) is 6. The number of hydrogen-bond acceptors (Lipinski definition) is 9. The van der Waals surface area contributed by atoms with Crippen molar-refractivity contribution in [2.75, 3.05) is 37.5 Å². The number of aromatic nitrogens is 6. The highest BCUT2D eigenvalue weighted by atomic mass is 16.5. The molecule has 0 spiro atoms. The normalized spacial score (nSPS) is 15.2. The van der Waals surface area contributed by atoms with Crippen molar-refractivity contribution in [2.24, 2.45) is 12.5 Å². The maximum Gasteiger partial charge on any atom is 0.227 e. The van der Waals surface area contributed by atoms with Crippen LogP contribution in [0.25, 0.3) is 22.3 Å². The van der Waals surface area contributed by atoms with E-state index in [1.807, 2.05) is 49.0 Å². The van der Waals surface area contributed by atoms with Crippen molar-refractivity contribution < 1.29 is 9.47 Å². The summed E-state index contributed by atoms with van der Waals surface area (Å²) in [6.45, 7) is 6.68. The summed E-state index contributed by atoms with van der Waals surface area (Å²) in [6, 6.07) is 7.80. The Morgan fingerprint density at radius 2 is 2.00 bits per heavy atom. The molecule has 0 amide bonds. The first-order valence-electron chi connectivity index (χ1n) is 11.7. The molecular formula is C25H30N8O2. The summed E-state index contributed by atoms with van der Waals surface area (Å²) in [5.74, 6) is 2.64. The second kappa shape index (κ2) is 9.46. The van der Waals surface area contributed by atoms with E-state index in [2.05, 4.69) is 32.7 Å². The zero-order valence-corrected chi connectivity index (χ0v) is 20.5. The Balaban J connectivity index is 1.42. The van der Waals surface area contributed by atoms with Gasteiger partial charge in [-0.15, -0.1) is 10.2 Å². The van der Waals surface area contributed by atoms with E-state index in [0.717, 1.165) is 72.1 Å². The highest BCUT2D eigenvalue weighted by Crippen LogP contribution is 2.33. The lowest BCUT2D eigenvalue weighted by Gasteiger charge is -2.33. The molecule has 1 saturated heterocycles. The molecule has 0 radical (unpaired) electrons. The molecule has 1 aliphatic rings. The Morgan fingerprint density at radius 3 is 2.74 bits per heavy atom. The molecule has 4 aromatic rings. The van der Waals surface area contributed by atoms with Gasteiger partial charge in [0.1, 0.15) is 17.6 Å². The fourth-order valence-corrected chi connectivity index (χ4v) is 4.29. The number of ether oxygens (including phenoxy) is 2. The predicted molar refractivity (Wildman–Crippen MR) is 135 cm³/mol. The van der Waals surface area contributed by atoms with E-state index in [0.29, 0.717) is 11.7 Å². The fraction of sp³-hybridized carbons (Fsp3) is 0.400. The van der Waals surface area contributed by atoms with Crippen molar-refractivity contribution in [1.82, 2.24) is 29.7 Å². The molecule has 0 bridgehead atoms. The van der Waals surface area contributed by atoms with Gasteiger partial charge < -0.3 is 24.7 Å². The Bertz CT molecular complexity index is 1350. The first kappa shape index (κ1) is 23.0. The van der Waals surface area contributed by atoms with Crippen LogP contribution in [0, 0.1) is 12.3 Å². The summed E-state index contributed by atoms with van der Waals surface area (Å²) in [6.07, 6.45) is 5.53. The lowest BCUT2D eigenvalue weighted by Crippen LogP contribution is -2.33. The molecule has 0 saturated carbocycles. The van der Waals surface area contributed by atoms with Crippen molar-refractivity contribution in [3.8, 4) is 17.1 Å². The third-order valence-corrected chi connectivity index (χ3v) is 6.49. The predicted octanol–water partition coefficient (Wildman–Crippen LogP) is 4.11. The SMILES string of the molecule is COc1cc(-c2nncn2C)ccc1Nc1ncc2cc(C)nc(NCC3(C)CCOCC3)c2n1. The van der Waals surface area contributed by atoms with E-state index in [1.54, 1.807) is 13.4 Å². The Labute approximate surface area is 204 Å². The Kier molecular flexibility index (Phi) is 6.21. The van der Waals surface area contributed by atoms with E-state index >= 15 is 0 Å². The van der Waals surface area contributed by atoms with Gasteiger partial charge in [-0.2, -0.15) is 0 Å². The molecule has 1 fully saturated rings. The number of benzene rings is 1. The minimum Gasteiger partial charge on any atom is -0.495 e. The van der Waals surface area contributed by atoms with Crippen LogP contribution in [0.4, 0.5) is 17.5 Å². The average molecular weight is 475 g/mol. The standard InChI is InChI=1S/C25H30N8O2/c1-16-11-18-13-26-24(31-21(18)22(29-16)27-14-25(2)7-9-35-10-8-25)30-19-6-5-17(12-20(19)34-4)23-32-28-15-33(23)3/h5-6,11-13,15H,7-10,14H2,1-4H3,(H,27,29)(H,26,30,31). The van der Waals surface area contributed by atoms with Gasteiger partial charge in [-0.05, 0) is 49.4 Å². The molecule has 35 heavy (non-hydrogen) atoms. The zero-order valence-electron chi connectivity index (χ0n) is 20.5. The van der Waals surface area contributed by atoms with Gasteiger partial charge in [0.05, 0.1) is 12.8 Å². The molecule has 1 aliphatic heterocycles. The Morgan fingerprint density at radius 1 is 1.17 bits per heavy atom. The lowest BCUT2D eigenvalue weighted by molar-refractivity contribution is 0.0300. The van der Waals surface area contributed by atoms with E-state index < -0.39 is 0 Å². The van der Waals surface area contributed by atoms with Gasteiger partial charge in [0.25, 0.3) is 0 Å². The van der Waals surface area contributed by atoms with Crippen molar-refractivity contribution >= 4 is 28.4 Å². The maximum atomic E-state index is 5.63. The summed E-state index contributed by atoms with van der Waals surface area (Å²) >= 11 is 0. The monoisotopic (exact) mass is 474 g/mol. The number of aryl methyl sites for hydroxylation is 2. The van der Waals surface area contributed by atoms with E-state index in [9.17, 15) is 0 Å². The van der Waals surface area contributed by atoms with Gasteiger partial charge in [0, 0.05) is 49.6 Å². The minimum atomic E-state index is 0.169. The van der Waals surface area contributed by atoms with Gasteiger partial charge in [0.15, 0.2) is 11.6 Å². The molecule has 0 unspecified atom stereocenters. The van der Waals surface area contributed by atoms with Crippen LogP contribution in [0.2, 0.25) is 0 Å². The van der Waals surface area contributed by atoms with Gasteiger partial charge in [-0.1, -0.05) is 6.92 Å². The highest BCUT2D eigenvalue weighted by Gasteiger charge is 2.27. The summed E-state index contributed by atoms with van der Waals surface area (Å²) in [5.41, 5.74) is 3.52. The molecule has 4 heterocycles. The van der Waals surface area contributed by atoms with E-state index in [1.165, 1.54) is 0 Å². The van der Waals surface area contributed by atoms with Crippen LogP contribution in [-0.4, -0.2) is 56.6 Å². The fourth-order valence-electron chi connectivity index (χ4n) is 4.29. The molecule has 3 aromatic heterocycles. The molecular weight excluding hydrogens is 444 g/mol. The quantitative estimate of drug-likeness (QED) is 0.409. The largest absolute Gasteiger partial charge is 0.495 e. The first-order chi connectivity index (χ1) is 16.9. The summed E-state index contributed by atoms with van der Waals surface area (Å²) in [7, 11) is 3.54. The second-order valence-electron chi connectivity index (χ2n) is 9.33. The minimum absolute atomic E-state index is 0.169.